The highest BCUT2D eigenvalue weighted by atomic mass is 16.7. The molecular formula is C29H33N3O6. The van der Waals surface area contributed by atoms with Gasteiger partial charge in [0.25, 0.3) is 5.91 Å². The van der Waals surface area contributed by atoms with Crippen molar-refractivity contribution in [3.8, 4) is 17.2 Å². The summed E-state index contributed by atoms with van der Waals surface area (Å²) in [4.78, 5) is 28.0. The van der Waals surface area contributed by atoms with Crippen molar-refractivity contribution in [2.75, 3.05) is 20.4 Å². The third-order valence-corrected chi connectivity index (χ3v) is 7.12. The van der Waals surface area contributed by atoms with Crippen LogP contribution in [0.2, 0.25) is 0 Å². The Bertz CT molecular complexity index is 1250. The Morgan fingerprint density at radius 1 is 1.00 bits per heavy atom. The van der Waals surface area contributed by atoms with E-state index >= 15 is 0 Å². The first kappa shape index (κ1) is 25.6. The molecule has 38 heavy (non-hydrogen) atoms. The van der Waals surface area contributed by atoms with E-state index in [2.05, 4.69) is 10.5 Å². The maximum absolute atomic E-state index is 13.5. The first-order chi connectivity index (χ1) is 18.6. The summed E-state index contributed by atoms with van der Waals surface area (Å²) in [6.45, 7) is 1.33. The molecule has 2 aliphatic rings. The van der Waals surface area contributed by atoms with Crippen LogP contribution in [0.4, 0.5) is 0 Å². The normalized spacial score (nSPS) is 14.8. The molecule has 2 amide bonds. The van der Waals surface area contributed by atoms with Gasteiger partial charge in [-0.25, -0.2) is 0 Å². The molecular weight excluding hydrogens is 486 g/mol. The molecule has 1 N–H and O–H groups in total. The van der Waals surface area contributed by atoms with E-state index < -0.39 is 0 Å². The summed E-state index contributed by atoms with van der Waals surface area (Å²) in [5, 5.41) is 6.82. The summed E-state index contributed by atoms with van der Waals surface area (Å²) in [5.74, 6) is 2.47. The summed E-state index contributed by atoms with van der Waals surface area (Å²) in [6, 6.07) is 15.0. The zero-order chi connectivity index (χ0) is 26.3. The van der Waals surface area contributed by atoms with Gasteiger partial charge >= 0.3 is 0 Å². The average Bonchev–Trinajstić information content (AvgIpc) is 3.64. The van der Waals surface area contributed by atoms with Crippen molar-refractivity contribution in [2.24, 2.45) is 5.92 Å². The zero-order valence-electron chi connectivity index (χ0n) is 21.6. The third kappa shape index (κ3) is 6.27. The molecule has 1 aromatic heterocycles. The monoisotopic (exact) mass is 519 g/mol. The minimum Gasteiger partial charge on any atom is -0.497 e. The van der Waals surface area contributed by atoms with Gasteiger partial charge in [0.05, 0.1) is 13.7 Å². The summed E-state index contributed by atoms with van der Waals surface area (Å²) in [5.41, 5.74) is 2.18. The van der Waals surface area contributed by atoms with Crippen LogP contribution in [-0.2, 0) is 24.3 Å². The fraction of sp³-hybridized carbons (Fsp3) is 0.414. The van der Waals surface area contributed by atoms with E-state index in [0.717, 1.165) is 42.6 Å². The number of carbonyl (C=O) groups excluding carboxylic acids is 2. The number of carbonyl (C=O) groups is 2. The average molecular weight is 520 g/mol. The Morgan fingerprint density at radius 2 is 1.76 bits per heavy atom. The molecule has 9 nitrogen and oxygen atoms in total. The minimum atomic E-state index is -0.346. The number of hydrogen-bond acceptors (Lipinski definition) is 7. The first-order valence-corrected chi connectivity index (χ1v) is 13.1. The Morgan fingerprint density at radius 3 is 2.55 bits per heavy atom. The molecule has 0 radical (unpaired) electrons. The van der Waals surface area contributed by atoms with Crippen LogP contribution < -0.4 is 19.5 Å². The number of benzene rings is 2. The zero-order valence-corrected chi connectivity index (χ0v) is 21.6. The van der Waals surface area contributed by atoms with E-state index in [9.17, 15) is 9.59 Å². The molecule has 1 fully saturated rings. The number of aromatic nitrogens is 1. The molecule has 3 aromatic rings. The molecule has 1 aliphatic carbocycles. The number of nitrogens with zero attached hydrogens (tertiary/aromatic N) is 2. The van der Waals surface area contributed by atoms with E-state index in [1.54, 1.807) is 13.2 Å². The molecule has 9 heteroatoms. The fourth-order valence-corrected chi connectivity index (χ4v) is 4.94. The van der Waals surface area contributed by atoms with Crippen molar-refractivity contribution >= 4 is 11.8 Å². The third-order valence-electron chi connectivity index (χ3n) is 7.12. The largest absolute Gasteiger partial charge is 0.497 e. The first-order valence-electron chi connectivity index (χ1n) is 13.1. The lowest BCUT2D eigenvalue weighted by molar-refractivity contribution is -0.137. The van der Waals surface area contributed by atoms with Gasteiger partial charge in [-0.3, -0.25) is 9.59 Å². The topological polar surface area (TPSA) is 103 Å². The smallest absolute Gasteiger partial charge is 0.273 e. The highest BCUT2D eigenvalue weighted by molar-refractivity contribution is 5.92. The SMILES string of the molecule is COc1ccc(CCN(Cc2cc(C(=O)NCc3ccc4c(c3)OCO4)no2)C(=O)C2CCCCC2)cc1. The lowest BCUT2D eigenvalue weighted by Gasteiger charge is -2.28. The van der Waals surface area contributed by atoms with Crippen molar-refractivity contribution < 1.29 is 28.3 Å². The number of amides is 2. The second kappa shape index (κ2) is 12.0. The lowest BCUT2D eigenvalue weighted by Crippen LogP contribution is -2.37. The van der Waals surface area contributed by atoms with Gasteiger partial charge in [-0.1, -0.05) is 42.6 Å². The van der Waals surface area contributed by atoms with Crippen molar-refractivity contribution in [2.45, 2.75) is 51.6 Å². The highest BCUT2D eigenvalue weighted by Gasteiger charge is 2.27. The predicted octanol–water partition coefficient (Wildman–Crippen LogP) is 4.49. The maximum atomic E-state index is 13.5. The van der Waals surface area contributed by atoms with Crippen LogP contribution >= 0.6 is 0 Å². The second-order valence-corrected chi connectivity index (χ2v) is 9.74. The molecule has 2 aromatic carbocycles. The Hall–Kier alpha value is -4.01. The van der Waals surface area contributed by atoms with Gasteiger partial charge in [0.2, 0.25) is 12.7 Å². The number of nitrogens with one attached hydrogen (secondary N) is 1. The Labute approximate surface area is 222 Å². The van der Waals surface area contributed by atoms with Crippen molar-refractivity contribution in [3.05, 3.63) is 71.1 Å². The molecule has 1 aliphatic heterocycles. The van der Waals surface area contributed by atoms with E-state index in [4.69, 9.17) is 18.7 Å². The highest BCUT2D eigenvalue weighted by Crippen LogP contribution is 2.32. The molecule has 1 saturated carbocycles. The standard InChI is InChI=1S/C29H33N3O6/c1-35-23-10-7-20(8-11-23)13-14-32(29(34)22-5-3-2-4-6-22)18-24-16-25(31-38-24)28(33)30-17-21-9-12-26-27(15-21)37-19-36-26/h7-12,15-16,22H,2-6,13-14,17-19H2,1H3,(H,30,33). The van der Waals surface area contributed by atoms with Crippen LogP contribution in [0.15, 0.2) is 53.1 Å². The van der Waals surface area contributed by atoms with Crippen molar-refractivity contribution in [3.63, 3.8) is 0 Å². The molecule has 2 heterocycles. The lowest BCUT2D eigenvalue weighted by atomic mass is 9.88. The fourth-order valence-electron chi connectivity index (χ4n) is 4.94. The maximum Gasteiger partial charge on any atom is 0.273 e. The van der Waals surface area contributed by atoms with Crippen molar-refractivity contribution in [1.29, 1.82) is 0 Å². The molecule has 5 rings (SSSR count). The van der Waals surface area contributed by atoms with Crippen LogP contribution in [0, 0.1) is 5.92 Å². The number of hydrogen-bond donors (Lipinski definition) is 1. The van der Waals surface area contributed by atoms with Crippen LogP contribution in [-0.4, -0.2) is 42.3 Å². The molecule has 200 valence electrons. The number of fused-ring (bicyclic) bond motifs is 1. The van der Waals surface area contributed by atoms with Crippen molar-refractivity contribution in [1.82, 2.24) is 15.4 Å². The van der Waals surface area contributed by atoms with Gasteiger partial charge in [0.1, 0.15) is 5.75 Å². The van der Waals surface area contributed by atoms with Crippen LogP contribution in [0.25, 0.3) is 0 Å². The van der Waals surface area contributed by atoms with Gasteiger partial charge in [0.15, 0.2) is 23.0 Å². The van der Waals surface area contributed by atoms with Crippen LogP contribution in [0.1, 0.15) is 59.5 Å². The molecule has 0 atom stereocenters. The van der Waals surface area contributed by atoms with E-state index in [0.29, 0.717) is 36.8 Å². The van der Waals surface area contributed by atoms with E-state index in [1.165, 1.54) is 6.42 Å². The summed E-state index contributed by atoms with van der Waals surface area (Å²) in [7, 11) is 1.64. The quantitative estimate of drug-likeness (QED) is 0.421. The predicted molar refractivity (Wildman–Crippen MR) is 139 cm³/mol. The van der Waals surface area contributed by atoms with Gasteiger partial charge in [-0.05, 0) is 54.7 Å². The van der Waals surface area contributed by atoms with E-state index in [1.807, 2.05) is 47.4 Å². The van der Waals surface area contributed by atoms with Gasteiger partial charge in [-0.15, -0.1) is 0 Å². The molecule has 0 saturated heterocycles. The van der Waals surface area contributed by atoms with Crippen LogP contribution in [0.3, 0.4) is 0 Å². The Kier molecular flexibility index (Phi) is 8.11. The molecule has 0 unspecified atom stereocenters. The minimum absolute atomic E-state index is 0.0343. The van der Waals surface area contributed by atoms with Gasteiger partial charge in [-0.2, -0.15) is 0 Å². The van der Waals surface area contributed by atoms with E-state index in [-0.39, 0.29) is 36.8 Å². The van der Waals surface area contributed by atoms with Gasteiger partial charge < -0.3 is 29.0 Å². The Balaban J connectivity index is 1.21. The van der Waals surface area contributed by atoms with Gasteiger partial charge in [0, 0.05) is 25.1 Å². The number of methoxy groups -OCH3 is 1. The number of rotatable bonds is 10. The summed E-state index contributed by atoms with van der Waals surface area (Å²) in [6.07, 6.45) is 5.89. The number of ether oxygens (including phenoxy) is 3. The second-order valence-electron chi connectivity index (χ2n) is 9.74. The summed E-state index contributed by atoms with van der Waals surface area (Å²) >= 11 is 0. The van der Waals surface area contributed by atoms with Crippen LogP contribution in [0.5, 0.6) is 17.2 Å². The molecule has 0 spiro atoms. The molecule has 0 bridgehead atoms. The summed E-state index contributed by atoms with van der Waals surface area (Å²) < 4.78 is 21.5.